The fourth-order valence-corrected chi connectivity index (χ4v) is 3.11. The van der Waals surface area contributed by atoms with E-state index in [9.17, 15) is 0 Å². The van der Waals surface area contributed by atoms with Gasteiger partial charge in [-0.3, -0.25) is 0 Å². The van der Waals surface area contributed by atoms with Crippen molar-refractivity contribution in [2.45, 2.75) is 60.3 Å². The Kier molecular flexibility index (Phi) is 8.68. The minimum Gasteiger partial charge on any atom is -0.356 e. The molecule has 0 radical (unpaired) electrons. The Morgan fingerprint density at radius 1 is 1.22 bits per heavy atom. The molecule has 0 spiro atoms. The van der Waals surface area contributed by atoms with Gasteiger partial charge in [-0.2, -0.15) is 0 Å². The van der Waals surface area contributed by atoms with Gasteiger partial charge in [-0.15, -0.1) is 0 Å². The average Bonchev–Trinajstić information content (AvgIpc) is 3.07. The number of amidine groups is 1. The van der Waals surface area contributed by atoms with Crippen LogP contribution in [-0.4, -0.2) is 23.8 Å². The molecule has 1 aromatic rings. The van der Waals surface area contributed by atoms with Crippen molar-refractivity contribution in [1.82, 2.24) is 4.90 Å². The normalized spacial score (nSPS) is 15.1. The number of aliphatic imine (C=N–C) groups is 1. The Morgan fingerprint density at radius 3 is 2.35 bits per heavy atom. The summed E-state index contributed by atoms with van der Waals surface area (Å²) in [4.78, 5) is 7.32. The summed E-state index contributed by atoms with van der Waals surface area (Å²) in [5, 5.41) is 0. The molecule has 0 atom stereocenters. The molecule has 1 aliphatic carbocycles. The van der Waals surface area contributed by atoms with Gasteiger partial charge in [0.1, 0.15) is 5.84 Å². The monoisotopic (exact) mass is 314 g/mol. The van der Waals surface area contributed by atoms with Crippen molar-refractivity contribution in [2.75, 3.05) is 13.1 Å². The molecular formula is C21H34N2. The summed E-state index contributed by atoms with van der Waals surface area (Å²) >= 11 is 0. The van der Waals surface area contributed by atoms with Crippen LogP contribution in [0.15, 0.2) is 41.4 Å². The number of nitrogens with zero attached hydrogens (tertiary/aromatic N) is 2. The van der Waals surface area contributed by atoms with Gasteiger partial charge in [0.2, 0.25) is 0 Å². The molecule has 1 aromatic carbocycles. The lowest BCUT2D eigenvalue weighted by molar-refractivity contribution is 0.353. The van der Waals surface area contributed by atoms with Gasteiger partial charge in [0, 0.05) is 13.1 Å². The zero-order chi connectivity index (χ0) is 17.2. The highest BCUT2D eigenvalue weighted by molar-refractivity contribution is 5.99. The van der Waals surface area contributed by atoms with Crippen LogP contribution in [-0.2, 0) is 0 Å². The highest BCUT2D eigenvalue weighted by atomic mass is 15.2. The fraction of sp³-hybridized carbons (Fsp3) is 0.571. The van der Waals surface area contributed by atoms with Gasteiger partial charge in [0.25, 0.3) is 0 Å². The summed E-state index contributed by atoms with van der Waals surface area (Å²) in [6.07, 6.45) is 5.51. The molecular weight excluding hydrogens is 280 g/mol. The van der Waals surface area contributed by atoms with Gasteiger partial charge >= 0.3 is 0 Å². The number of likely N-dealkylation sites (N-methyl/N-ethyl adjacent to an activating group) is 1. The maximum absolute atomic E-state index is 4.91. The third-order valence-corrected chi connectivity index (χ3v) is 4.36. The van der Waals surface area contributed by atoms with Crippen LogP contribution in [0.4, 0.5) is 5.69 Å². The van der Waals surface area contributed by atoms with Gasteiger partial charge in [-0.1, -0.05) is 51.5 Å². The van der Waals surface area contributed by atoms with Gasteiger partial charge in [0.15, 0.2) is 0 Å². The Morgan fingerprint density at radius 2 is 1.83 bits per heavy atom. The lowest BCUT2D eigenvalue weighted by Crippen LogP contribution is -2.35. The Balaban J connectivity index is 0.00000127. The number of aryl methyl sites for hydroxylation is 1. The summed E-state index contributed by atoms with van der Waals surface area (Å²) in [6.45, 7) is 16.7. The predicted molar refractivity (Wildman–Crippen MR) is 104 cm³/mol. The number of hydrogen-bond acceptors (Lipinski definition) is 1. The second-order valence-electron chi connectivity index (χ2n) is 6.19. The maximum Gasteiger partial charge on any atom is 0.131 e. The van der Waals surface area contributed by atoms with E-state index in [1.165, 1.54) is 31.2 Å². The first-order valence-corrected chi connectivity index (χ1v) is 9.17. The molecule has 2 heteroatoms. The first kappa shape index (κ1) is 19.5. The maximum atomic E-state index is 4.91. The van der Waals surface area contributed by atoms with E-state index in [0.717, 1.165) is 36.1 Å². The van der Waals surface area contributed by atoms with E-state index in [-0.39, 0.29) is 0 Å². The van der Waals surface area contributed by atoms with E-state index >= 15 is 0 Å². The molecule has 0 bridgehead atoms. The van der Waals surface area contributed by atoms with E-state index in [2.05, 4.69) is 56.5 Å². The molecule has 1 aliphatic rings. The molecule has 1 saturated carbocycles. The highest BCUT2D eigenvalue weighted by Crippen LogP contribution is 2.27. The minimum atomic E-state index is 0.825. The van der Waals surface area contributed by atoms with Crippen molar-refractivity contribution >= 4 is 11.5 Å². The third kappa shape index (κ3) is 5.85. The van der Waals surface area contributed by atoms with Gasteiger partial charge in [-0.05, 0) is 56.7 Å². The molecule has 0 amide bonds. The summed E-state index contributed by atoms with van der Waals surface area (Å²) in [7, 11) is 0. The number of rotatable bonds is 5. The van der Waals surface area contributed by atoms with Crippen molar-refractivity contribution < 1.29 is 0 Å². The van der Waals surface area contributed by atoms with Crippen LogP contribution in [0.25, 0.3) is 0 Å². The van der Waals surface area contributed by atoms with Crippen molar-refractivity contribution in [3.8, 4) is 0 Å². The Bertz CT molecular complexity index is 510. The number of benzene rings is 1. The topological polar surface area (TPSA) is 15.6 Å². The zero-order valence-electron chi connectivity index (χ0n) is 15.7. The Labute approximate surface area is 143 Å². The number of para-hydroxylation sites is 1. The molecule has 0 saturated heterocycles. The van der Waals surface area contributed by atoms with Crippen LogP contribution in [0.5, 0.6) is 0 Å². The summed E-state index contributed by atoms with van der Waals surface area (Å²) in [6, 6.07) is 8.31. The standard InChI is InChI=1S/C19H28N2.C2H6/c1-5-21(14-17-11-7-8-12-17)19(15(2)3)20-18-13-9-6-10-16(18)4;1-2/h6,9-10,13,17H,2,5,7-8,11-12,14H2,1,3-4H3;1-2H3. The van der Waals surface area contributed by atoms with Crippen LogP contribution in [0, 0.1) is 12.8 Å². The molecule has 1 fully saturated rings. The second kappa shape index (κ2) is 10.3. The van der Waals surface area contributed by atoms with Crippen LogP contribution >= 0.6 is 0 Å². The molecule has 0 N–H and O–H groups in total. The van der Waals surface area contributed by atoms with Crippen molar-refractivity contribution in [3.05, 3.63) is 42.0 Å². The molecule has 2 rings (SSSR count). The second-order valence-corrected chi connectivity index (χ2v) is 6.19. The van der Waals surface area contributed by atoms with Crippen LogP contribution in [0.3, 0.4) is 0 Å². The SMILES string of the molecule is C=C(C)C(=Nc1ccccc1C)N(CC)CC1CCCC1.CC. The lowest BCUT2D eigenvalue weighted by Gasteiger charge is -2.28. The van der Waals surface area contributed by atoms with E-state index in [1.54, 1.807) is 0 Å². The van der Waals surface area contributed by atoms with Gasteiger partial charge in [0.05, 0.1) is 5.69 Å². The van der Waals surface area contributed by atoms with Crippen molar-refractivity contribution in [1.29, 1.82) is 0 Å². The van der Waals surface area contributed by atoms with Crippen molar-refractivity contribution in [3.63, 3.8) is 0 Å². The number of hydrogen-bond donors (Lipinski definition) is 0. The van der Waals surface area contributed by atoms with Crippen LogP contribution in [0.1, 0.15) is 58.9 Å². The predicted octanol–water partition coefficient (Wildman–Crippen LogP) is 6.14. The van der Waals surface area contributed by atoms with E-state index in [4.69, 9.17) is 4.99 Å². The lowest BCUT2D eigenvalue weighted by atomic mass is 10.1. The first-order valence-electron chi connectivity index (χ1n) is 9.17. The van der Waals surface area contributed by atoms with Crippen LogP contribution < -0.4 is 0 Å². The van der Waals surface area contributed by atoms with E-state index < -0.39 is 0 Å². The average molecular weight is 315 g/mol. The molecule has 2 nitrogen and oxygen atoms in total. The van der Waals surface area contributed by atoms with Gasteiger partial charge < -0.3 is 4.90 Å². The van der Waals surface area contributed by atoms with Gasteiger partial charge in [-0.25, -0.2) is 4.99 Å². The summed E-state index contributed by atoms with van der Waals surface area (Å²) in [5.74, 6) is 1.88. The molecule has 0 aliphatic heterocycles. The first-order chi connectivity index (χ1) is 11.1. The molecule has 128 valence electrons. The molecule has 0 heterocycles. The zero-order valence-corrected chi connectivity index (χ0v) is 15.7. The molecule has 0 unspecified atom stereocenters. The van der Waals surface area contributed by atoms with E-state index in [1.807, 2.05) is 13.8 Å². The smallest absolute Gasteiger partial charge is 0.131 e. The van der Waals surface area contributed by atoms with Crippen LogP contribution in [0.2, 0.25) is 0 Å². The third-order valence-electron chi connectivity index (χ3n) is 4.36. The molecule has 0 aromatic heterocycles. The van der Waals surface area contributed by atoms with E-state index in [0.29, 0.717) is 0 Å². The van der Waals surface area contributed by atoms with Crippen molar-refractivity contribution in [2.24, 2.45) is 10.9 Å². The summed E-state index contributed by atoms with van der Waals surface area (Å²) in [5.41, 5.74) is 3.33. The minimum absolute atomic E-state index is 0.825. The Hall–Kier alpha value is -1.57. The largest absolute Gasteiger partial charge is 0.356 e. The summed E-state index contributed by atoms with van der Waals surface area (Å²) < 4.78 is 0. The molecule has 23 heavy (non-hydrogen) atoms. The quantitative estimate of drug-likeness (QED) is 0.471. The fourth-order valence-electron chi connectivity index (χ4n) is 3.11. The highest BCUT2D eigenvalue weighted by Gasteiger charge is 2.20.